The molecule has 0 aromatic heterocycles. The summed E-state index contributed by atoms with van der Waals surface area (Å²) in [5.41, 5.74) is 2.29. The predicted molar refractivity (Wildman–Crippen MR) is 104 cm³/mol. The maximum atomic E-state index is 12.7. The lowest BCUT2D eigenvalue weighted by Crippen LogP contribution is -2.62. The molecule has 0 atom stereocenters. The van der Waals surface area contributed by atoms with Crippen molar-refractivity contribution in [3.8, 4) is 5.75 Å². The van der Waals surface area contributed by atoms with Crippen LogP contribution in [0.3, 0.4) is 0 Å². The van der Waals surface area contributed by atoms with Gasteiger partial charge in [-0.15, -0.1) is 0 Å². The number of hydrogen-bond donors (Lipinski definition) is 0. The largest absolute Gasteiger partial charge is 0.493 e. The van der Waals surface area contributed by atoms with Crippen LogP contribution in [0, 0.1) is 5.41 Å². The highest BCUT2D eigenvalue weighted by Crippen LogP contribution is 2.41. The molecule has 27 heavy (non-hydrogen) atoms. The topological polar surface area (TPSA) is 66.9 Å². The number of likely N-dealkylation sites (tertiary alicyclic amines) is 1. The second-order valence-corrected chi connectivity index (χ2v) is 9.53. The monoisotopic (exact) mass is 386 g/mol. The average molecular weight is 386 g/mol. The Morgan fingerprint density at radius 2 is 1.78 bits per heavy atom. The van der Waals surface area contributed by atoms with Crippen LogP contribution in [0.1, 0.15) is 15.9 Å². The summed E-state index contributed by atoms with van der Waals surface area (Å²) in [5, 5.41) is 0. The number of sulfonamides is 1. The summed E-state index contributed by atoms with van der Waals surface area (Å²) in [7, 11) is -1.83. The number of para-hydroxylation sites is 1. The average Bonchev–Trinajstić information content (AvgIpc) is 2.64. The van der Waals surface area contributed by atoms with E-state index in [1.165, 1.54) is 16.9 Å². The molecule has 0 bridgehead atoms. The van der Waals surface area contributed by atoms with Gasteiger partial charge in [-0.05, 0) is 42.3 Å². The van der Waals surface area contributed by atoms with E-state index in [0.717, 1.165) is 18.4 Å². The van der Waals surface area contributed by atoms with Crippen LogP contribution >= 0.6 is 0 Å². The van der Waals surface area contributed by atoms with Crippen LogP contribution in [-0.2, 0) is 16.4 Å². The van der Waals surface area contributed by atoms with Crippen molar-refractivity contribution in [1.82, 2.24) is 4.90 Å². The van der Waals surface area contributed by atoms with E-state index in [1.54, 1.807) is 24.3 Å². The first-order valence-corrected chi connectivity index (χ1v) is 10.7. The molecule has 4 rings (SSSR count). The van der Waals surface area contributed by atoms with E-state index < -0.39 is 10.0 Å². The van der Waals surface area contributed by atoms with Crippen molar-refractivity contribution < 1.29 is 17.9 Å². The van der Waals surface area contributed by atoms with Gasteiger partial charge in [0.15, 0.2) is 0 Å². The van der Waals surface area contributed by atoms with E-state index >= 15 is 0 Å². The summed E-state index contributed by atoms with van der Waals surface area (Å²) in [5.74, 6) is 0.909. The Labute approximate surface area is 159 Å². The summed E-state index contributed by atoms with van der Waals surface area (Å²) in [6.45, 7) is 1.97. The maximum Gasteiger partial charge on any atom is 0.253 e. The number of carbonyl (C=O) groups is 1. The normalized spacial score (nSPS) is 17.6. The number of rotatable bonds is 3. The van der Waals surface area contributed by atoms with Crippen molar-refractivity contribution >= 4 is 21.6 Å². The third kappa shape index (κ3) is 3.27. The number of carbonyl (C=O) groups excluding carboxylic acids is 1. The molecule has 2 aromatic carbocycles. The van der Waals surface area contributed by atoms with Gasteiger partial charge < -0.3 is 9.64 Å². The molecule has 1 saturated heterocycles. The Balaban J connectivity index is 1.42. The van der Waals surface area contributed by atoms with Gasteiger partial charge in [0.2, 0.25) is 10.0 Å². The van der Waals surface area contributed by atoms with Gasteiger partial charge in [0.05, 0.1) is 18.6 Å². The zero-order valence-corrected chi connectivity index (χ0v) is 16.2. The van der Waals surface area contributed by atoms with Crippen LogP contribution in [0.25, 0.3) is 0 Å². The molecule has 0 aliphatic carbocycles. The molecule has 0 N–H and O–H groups in total. The molecule has 0 unspecified atom stereocenters. The van der Waals surface area contributed by atoms with Crippen molar-refractivity contribution in [3.63, 3.8) is 0 Å². The number of anilines is 1. The molecular weight excluding hydrogens is 364 g/mol. The predicted octanol–water partition coefficient (Wildman–Crippen LogP) is 2.16. The summed E-state index contributed by atoms with van der Waals surface area (Å²) in [6.07, 6.45) is 2.07. The maximum absolute atomic E-state index is 12.7. The number of fused-ring (bicyclic) bond motifs is 1. The lowest BCUT2D eigenvalue weighted by Gasteiger charge is -2.51. The molecule has 2 aliphatic rings. The van der Waals surface area contributed by atoms with Crippen molar-refractivity contribution in [2.24, 2.45) is 5.41 Å². The summed E-state index contributed by atoms with van der Waals surface area (Å²) in [4.78, 5) is 14.6. The third-order valence-corrected chi connectivity index (χ3v) is 6.59. The van der Waals surface area contributed by atoms with Gasteiger partial charge >= 0.3 is 0 Å². The Hall–Kier alpha value is -2.54. The number of ether oxygens (including phenoxy) is 1. The first-order chi connectivity index (χ1) is 12.8. The van der Waals surface area contributed by atoms with E-state index in [0.29, 0.717) is 30.9 Å². The third-order valence-electron chi connectivity index (χ3n) is 5.39. The molecule has 1 amide bonds. The fourth-order valence-corrected chi connectivity index (χ4v) is 4.28. The minimum atomic E-state index is -3.32. The molecule has 2 heterocycles. The second-order valence-electron chi connectivity index (χ2n) is 7.51. The molecule has 1 spiro atoms. The molecule has 1 fully saturated rings. The van der Waals surface area contributed by atoms with E-state index in [-0.39, 0.29) is 11.3 Å². The lowest BCUT2D eigenvalue weighted by molar-refractivity contribution is -0.0290. The van der Waals surface area contributed by atoms with Crippen LogP contribution < -0.4 is 9.04 Å². The van der Waals surface area contributed by atoms with Crippen molar-refractivity contribution in [2.45, 2.75) is 6.42 Å². The highest BCUT2D eigenvalue weighted by Gasteiger charge is 2.48. The fourth-order valence-electron chi connectivity index (χ4n) is 3.77. The molecule has 2 aliphatic heterocycles. The molecule has 142 valence electrons. The molecule has 0 saturated carbocycles. The number of nitrogens with zero attached hydrogens (tertiary/aromatic N) is 2. The molecule has 6 nitrogen and oxygen atoms in total. The van der Waals surface area contributed by atoms with Gasteiger partial charge in [0, 0.05) is 31.1 Å². The molecule has 7 heteroatoms. The van der Waals surface area contributed by atoms with E-state index in [1.807, 2.05) is 23.1 Å². The van der Waals surface area contributed by atoms with Crippen LogP contribution in [-0.4, -0.2) is 52.2 Å². The molecular formula is C20H22N2O4S. The minimum absolute atomic E-state index is 0.000457. The van der Waals surface area contributed by atoms with E-state index in [4.69, 9.17) is 4.74 Å². The highest BCUT2D eigenvalue weighted by atomic mass is 32.2. The van der Waals surface area contributed by atoms with Gasteiger partial charge in [-0.25, -0.2) is 8.42 Å². The number of hydrogen-bond acceptors (Lipinski definition) is 4. The first-order valence-electron chi connectivity index (χ1n) is 8.81. The Bertz CT molecular complexity index is 979. The lowest BCUT2D eigenvalue weighted by atomic mass is 9.73. The van der Waals surface area contributed by atoms with Crippen molar-refractivity contribution in [3.05, 3.63) is 59.7 Å². The zero-order valence-electron chi connectivity index (χ0n) is 15.4. The summed E-state index contributed by atoms with van der Waals surface area (Å²) in [6, 6.07) is 14.7. The van der Waals surface area contributed by atoms with Crippen LogP contribution in [0.4, 0.5) is 5.69 Å². The van der Waals surface area contributed by atoms with E-state index in [2.05, 4.69) is 6.07 Å². The van der Waals surface area contributed by atoms with Gasteiger partial charge in [-0.3, -0.25) is 9.10 Å². The Kier molecular flexibility index (Phi) is 4.14. The summed E-state index contributed by atoms with van der Waals surface area (Å²) >= 11 is 0. The number of benzene rings is 2. The Morgan fingerprint density at radius 1 is 1.11 bits per heavy atom. The van der Waals surface area contributed by atoms with Gasteiger partial charge in [0.1, 0.15) is 5.75 Å². The van der Waals surface area contributed by atoms with Gasteiger partial charge in [0.25, 0.3) is 5.91 Å². The fraction of sp³-hybridized carbons (Fsp3) is 0.350. The smallest absolute Gasteiger partial charge is 0.253 e. The van der Waals surface area contributed by atoms with Crippen molar-refractivity contribution in [1.29, 1.82) is 0 Å². The second kappa shape index (κ2) is 6.27. The first kappa shape index (κ1) is 17.9. The van der Waals surface area contributed by atoms with Crippen LogP contribution in [0.5, 0.6) is 5.75 Å². The quantitative estimate of drug-likeness (QED) is 0.811. The van der Waals surface area contributed by atoms with Crippen LogP contribution in [0.15, 0.2) is 48.5 Å². The molecule has 0 radical (unpaired) electrons. The summed E-state index contributed by atoms with van der Waals surface area (Å²) < 4.78 is 30.3. The standard InChI is InChI=1S/C20H22N2O4S/c1-21(27(2,24)25)17-9-7-15(8-10-17)19(23)22-12-20(13-22)11-16-5-3-4-6-18(16)26-14-20/h3-10H,11-14H2,1-2H3. The molecule has 2 aromatic rings. The van der Waals surface area contributed by atoms with Gasteiger partial charge in [-0.2, -0.15) is 0 Å². The SMILES string of the molecule is CN(c1ccc(C(=O)N2CC3(COc4ccccc4C3)C2)cc1)S(C)(=O)=O. The zero-order chi connectivity index (χ0) is 19.2. The number of amides is 1. The van der Waals surface area contributed by atoms with Crippen molar-refractivity contribution in [2.75, 3.05) is 37.3 Å². The highest BCUT2D eigenvalue weighted by molar-refractivity contribution is 7.92. The van der Waals surface area contributed by atoms with E-state index in [9.17, 15) is 13.2 Å². The van der Waals surface area contributed by atoms with Crippen LogP contribution in [0.2, 0.25) is 0 Å². The Morgan fingerprint density at radius 3 is 2.44 bits per heavy atom. The minimum Gasteiger partial charge on any atom is -0.493 e. The van der Waals surface area contributed by atoms with Gasteiger partial charge in [-0.1, -0.05) is 18.2 Å².